The number of benzene rings is 1. The quantitative estimate of drug-likeness (QED) is 0.564. The van der Waals surface area contributed by atoms with Crippen LogP contribution in [-0.4, -0.2) is 32.6 Å². The molecular formula is C22H18ClN5O. The largest absolute Gasteiger partial charge is 0.315 e. The van der Waals surface area contributed by atoms with Gasteiger partial charge in [0, 0.05) is 35.1 Å². The molecule has 1 aromatic carbocycles. The Labute approximate surface area is 172 Å². The average molecular weight is 404 g/mol. The third kappa shape index (κ3) is 3.30. The van der Waals surface area contributed by atoms with Crippen molar-refractivity contribution in [2.45, 2.75) is 12.5 Å². The Kier molecular flexibility index (Phi) is 4.58. The number of nitrogens with zero attached hydrogens (tertiary/aromatic N) is 4. The summed E-state index contributed by atoms with van der Waals surface area (Å²) in [7, 11) is 0. The van der Waals surface area contributed by atoms with Crippen molar-refractivity contribution in [3.05, 3.63) is 76.6 Å². The van der Waals surface area contributed by atoms with Crippen LogP contribution in [0.5, 0.6) is 0 Å². The highest BCUT2D eigenvalue weighted by atomic mass is 35.5. The lowest BCUT2D eigenvalue weighted by Gasteiger charge is -2.15. The molecule has 0 radical (unpaired) electrons. The smallest absolute Gasteiger partial charge is 0.261 e. The van der Waals surface area contributed by atoms with E-state index in [1.165, 1.54) is 0 Å². The van der Waals surface area contributed by atoms with Gasteiger partial charge in [-0.25, -0.2) is 9.97 Å². The molecule has 0 bridgehead atoms. The monoisotopic (exact) mass is 403 g/mol. The molecule has 4 aromatic rings. The first kappa shape index (κ1) is 18.0. The van der Waals surface area contributed by atoms with Crippen LogP contribution >= 0.6 is 11.6 Å². The number of aromatic nitrogens is 4. The Balaban J connectivity index is 1.78. The lowest BCUT2D eigenvalue weighted by Crippen LogP contribution is -2.26. The summed E-state index contributed by atoms with van der Waals surface area (Å²) in [4.78, 5) is 27.0. The molecule has 1 fully saturated rings. The van der Waals surface area contributed by atoms with Crippen molar-refractivity contribution in [2.24, 2.45) is 0 Å². The Hall–Kier alpha value is -3.09. The van der Waals surface area contributed by atoms with Gasteiger partial charge in [0.25, 0.3) is 5.56 Å². The predicted molar refractivity (Wildman–Crippen MR) is 114 cm³/mol. The van der Waals surface area contributed by atoms with Gasteiger partial charge >= 0.3 is 0 Å². The molecule has 1 N–H and O–H groups in total. The topological polar surface area (TPSA) is 72.7 Å². The molecule has 0 aliphatic carbocycles. The second-order valence-corrected chi connectivity index (χ2v) is 7.54. The molecule has 0 saturated carbocycles. The van der Waals surface area contributed by atoms with Crippen molar-refractivity contribution in [1.29, 1.82) is 0 Å². The molecule has 4 heterocycles. The summed E-state index contributed by atoms with van der Waals surface area (Å²) in [6.45, 7) is 1.68. The average Bonchev–Trinajstić information content (AvgIpc) is 3.29. The third-order valence-electron chi connectivity index (χ3n) is 5.27. The van der Waals surface area contributed by atoms with Gasteiger partial charge in [0.2, 0.25) is 0 Å². The summed E-state index contributed by atoms with van der Waals surface area (Å²) < 4.78 is 1.74. The van der Waals surface area contributed by atoms with Crippen molar-refractivity contribution in [2.75, 3.05) is 13.1 Å². The van der Waals surface area contributed by atoms with E-state index >= 15 is 0 Å². The van der Waals surface area contributed by atoms with E-state index in [0.717, 1.165) is 30.6 Å². The molecule has 1 aliphatic rings. The Morgan fingerprint density at radius 3 is 2.72 bits per heavy atom. The molecule has 29 heavy (non-hydrogen) atoms. The molecule has 0 amide bonds. The van der Waals surface area contributed by atoms with Gasteiger partial charge in [-0.05, 0) is 43.3 Å². The van der Waals surface area contributed by atoms with Gasteiger partial charge in [0.1, 0.15) is 5.52 Å². The third-order valence-corrected chi connectivity index (χ3v) is 5.52. The number of rotatable bonds is 3. The maximum Gasteiger partial charge on any atom is 0.261 e. The maximum atomic E-state index is 13.4. The number of nitrogens with one attached hydrogen (secondary N) is 1. The highest BCUT2D eigenvalue weighted by Crippen LogP contribution is 2.29. The van der Waals surface area contributed by atoms with Crippen molar-refractivity contribution < 1.29 is 0 Å². The van der Waals surface area contributed by atoms with E-state index in [1.54, 1.807) is 23.3 Å². The van der Waals surface area contributed by atoms with Crippen LogP contribution in [0.2, 0.25) is 5.02 Å². The molecule has 1 aliphatic heterocycles. The van der Waals surface area contributed by atoms with Crippen LogP contribution < -0.4 is 10.9 Å². The van der Waals surface area contributed by atoms with Crippen LogP contribution in [0.1, 0.15) is 12.5 Å². The SMILES string of the molecule is O=c1c2cc(-c3ccc(Cl)cc3)nc(-c3cccnc3)c2ncn1C1CCNC1. The molecular weight excluding hydrogens is 386 g/mol. The fourth-order valence-electron chi connectivity index (χ4n) is 3.75. The van der Waals surface area contributed by atoms with E-state index in [2.05, 4.69) is 15.3 Å². The molecule has 1 unspecified atom stereocenters. The zero-order valence-corrected chi connectivity index (χ0v) is 16.3. The minimum Gasteiger partial charge on any atom is -0.315 e. The molecule has 5 rings (SSSR count). The normalized spacial score (nSPS) is 16.4. The molecule has 0 spiro atoms. The van der Waals surface area contributed by atoms with Gasteiger partial charge < -0.3 is 5.32 Å². The van der Waals surface area contributed by atoms with Gasteiger partial charge in [-0.15, -0.1) is 0 Å². The van der Waals surface area contributed by atoms with Crippen LogP contribution in [0.15, 0.2) is 66.0 Å². The fraction of sp³-hybridized carbons (Fsp3) is 0.182. The molecule has 7 heteroatoms. The number of halogens is 1. The maximum absolute atomic E-state index is 13.4. The first-order chi connectivity index (χ1) is 14.2. The van der Waals surface area contributed by atoms with Gasteiger partial charge in [0.15, 0.2) is 0 Å². The molecule has 1 atom stereocenters. The zero-order valence-electron chi connectivity index (χ0n) is 15.5. The molecule has 6 nitrogen and oxygen atoms in total. The first-order valence-corrected chi connectivity index (χ1v) is 9.87. The van der Waals surface area contributed by atoms with Gasteiger partial charge in [0.05, 0.1) is 29.1 Å². The van der Waals surface area contributed by atoms with E-state index in [-0.39, 0.29) is 11.6 Å². The van der Waals surface area contributed by atoms with Crippen molar-refractivity contribution in [3.8, 4) is 22.5 Å². The van der Waals surface area contributed by atoms with Gasteiger partial charge in [-0.3, -0.25) is 14.3 Å². The summed E-state index contributed by atoms with van der Waals surface area (Å²) in [6, 6.07) is 13.2. The summed E-state index contributed by atoms with van der Waals surface area (Å²) in [5.74, 6) is 0. The van der Waals surface area contributed by atoms with E-state index in [4.69, 9.17) is 16.6 Å². The van der Waals surface area contributed by atoms with Crippen LogP contribution in [0.4, 0.5) is 0 Å². The Morgan fingerprint density at radius 2 is 2.00 bits per heavy atom. The highest BCUT2D eigenvalue weighted by molar-refractivity contribution is 6.30. The predicted octanol–water partition coefficient (Wildman–Crippen LogP) is 3.71. The standard InChI is InChI=1S/C22H18ClN5O/c23-16-5-3-14(4-6-16)19-10-18-21(20(27-19)15-2-1-8-24-11-15)26-13-28(22(18)29)17-7-9-25-12-17/h1-6,8,10-11,13,17,25H,7,9,12H2. The first-order valence-electron chi connectivity index (χ1n) is 9.49. The van der Waals surface area contributed by atoms with Crippen LogP contribution in [0.3, 0.4) is 0 Å². The molecule has 3 aromatic heterocycles. The van der Waals surface area contributed by atoms with Crippen molar-refractivity contribution in [3.63, 3.8) is 0 Å². The van der Waals surface area contributed by atoms with Crippen molar-refractivity contribution in [1.82, 2.24) is 24.8 Å². The Morgan fingerprint density at radius 1 is 1.14 bits per heavy atom. The van der Waals surface area contributed by atoms with Crippen LogP contribution in [-0.2, 0) is 0 Å². The number of hydrogen-bond donors (Lipinski definition) is 1. The van der Waals surface area contributed by atoms with E-state index in [0.29, 0.717) is 27.3 Å². The van der Waals surface area contributed by atoms with E-state index < -0.39 is 0 Å². The molecule has 144 valence electrons. The summed E-state index contributed by atoms with van der Waals surface area (Å²) in [5, 5.41) is 4.51. The lowest BCUT2D eigenvalue weighted by molar-refractivity contribution is 0.525. The minimum absolute atomic E-state index is 0.0496. The second-order valence-electron chi connectivity index (χ2n) is 7.10. The number of fused-ring (bicyclic) bond motifs is 1. The Bertz CT molecular complexity index is 1230. The number of pyridine rings is 2. The van der Waals surface area contributed by atoms with Gasteiger partial charge in [-0.2, -0.15) is 0 Å². The summed E-state index contributed by atoms with van der Waals surface area (Å²) in [5.41, 5.74) is 3.59. The second kappa shape index (κ2) is 7.39. The van der Waals surface area contributed by atoms with E-state index in [9.17, 15) is 4.79 Å². The highest BCUT2D eigenvalue weighted by Gasteiger charge is 2.21. The molecule has 1 saturated heterocycles. The zero-order chi connectivity index (χ0) is 19.8. The van der Waals surface area contributed by atoms with Crippen molar-refractivity contribution >= 4 is 22.5 Å². The van der Waals surface area contributed by atoms with E-state index in [1.807, 2.05) is 42.5 Å². The van der Waals surface area contributed by atoms with Crippen LogP contribution in [0.25, 0.3) is 33.4 Å². The van der Waals surface area contributed by atoms with Gasteiger partial charge in [-0.1, -0.05) is 23.7 Å². The number of hydrogen-bond acceptors (Lipinski definition) is 5. The summed E-state index contributed by atoms with van der Waals surface area (Å²) in [6.07, 6.45) is 6.01. The lowest BCUT2D eigenvalue weighted by atomic mass is 10.1. The minimum atomic E-state index is -0.0496. The fourth-order valence-corrected chi connectivity index (χ4v) is 3.88. The van der Waals surface area contributed by atoms with Crippen LogP contribution in [0, 0.1) is 0 Å². The summed E-state index contributed by atoms with van der Waals surface area (Å²) >= 11 is 6.04.